The van der Waals surface area contributed by atoms with Gasteiger partial charge in [-0.1, -0.05) is 11.3 Å². The number of anilines is 2. The SMILES string of the molecule is COc1ccc(C(=O)Nc2nc(-c3sc(NC(=O)c4ccc(OC)cc4)nc3C)cs2)cc1. The largest absolute Gasteiger partial charge is 0.497 e. The van der Waals surface area contributed by atoms with Crippen molar-refractivity contribution in [2.24, 2.45) is 0 Å². The summed E-state index contributed by atoms with van der Waals surface area (Å²) in [7, 11) is 3.15. The molecule has 0 unspecified atom stereocenters. The smallest absolute Gasteiger partial charge is 0.257 e. The fraction of sp³-hybridized carbons (Fsp3) is 0.130. The van der Waals surface area contributed by atoms with Gasteiger partial charge in [0.15, 0.2) is 10.3 Å². The molecular formula is C23H20N4O4S2. The van der Waals surface area contributed by atoms with E-state index < -0.39 is 0 Å². The maximum Gasteiger partial charge on any atom is 0.257 e. The Morgan fingerprint density at radius 1 is 0.788 bits per heavy atom. The zero-order chi connectivity index (χ0) is 23.4. The topological polar surface area (TPSA) is 102 Å². The highest BCUT2D eigenvalue weighted by Crippen LogP contribution is 2.34. The molecule has 0 fully saturated rings. The number of hydrogen-bond donors (Lipinski definition) is 2. The first-order valence-electron chi connectivity index (χ1n) is 9.81. The second-order valence-corrected chi connectivity index (χ2v) is 8.69. The van der Waals surface area contributed by atoms with Gasteiger partial charge in [-0.15, -0.1) is 11.3 Å². The molecule has 8 nitrogen and oxygen atoms in total. The van der Waals surface area contributed by atoms with Gasteiger partial charge in [0, 0.05) is 16.5 Å². The van der Waals surface area contributed by atoms with Crippen LogP contribution in [0, 0.1) is 6.92 Å². The van der Waals surface area contributed by atoms with Crippen LogP contribution in [0.3, 0.4) is 0 Å². The Kier molecular flexibility index (Phi) is 6.66. The summed E-state index contributed by atoms with van der Waals surface area (Å²) in [5.41, 5.74) is 2.43. The lowest BCUT2D eigenvalue weighted by Crippen LogP contribution is -2.11. The molecule has 0 radical (unpaired) electrons. The lowest BCUT2D eigenvalue weighted by atomic mass is 10.2. The Balaban J connectivity index is 1.44. The number of hydrogen-bond acceptors (Lipinski definition) is 8. The normalized spacial score (nSPS) is 10.5. The Bertz CT molecular complexity index is 1280. The van der Waals surface area contributed by atoms with E-state index in [-0.39, 0.29) is 11.8 Å². The third-order valence-corrected chi connectivity index (χ3v) is 6.53. The van der Waals surface area contributed by atoms with Gasteiger partial charge in [-0.05, 0) is 55.5 Å². The first kappa shape index (κ1) is 22.4. The van der Waals surface area contributed by atoms with Gasteiger partial charge in [0.05, 0.1) is 30.5 Å². The highest BCUT2D eigenvalue weighted by atomic mass is 32.1. The number of ether oxygens (including phenoxy) is 2. The molecule has 2 N–H and O–H groups in total. The van der Waals surface area contributed by atoms with Gasteiger partial charge < -0.3 is 9.47 Å². The molecule has 0 atom stereocenters. The van der Waals surface area contributed by atoms with Crippen molar-refractivity contribution >= 4 is 44.8 Å². The molecule has 0 bridgehead atoms. The number of methoxy groups -OCH3 is 2. The number of benzene rings is 2. The van der Waals surface area contributed by atoms with Crippen LogP contribution < -0.4 is 20.1 Å². The monoisotopic (exact) mass is 480 g/mol. The van der Waals surface area contributed by atoms with E-state index in [0.29, 0.717) is 38.6 Å². The van der Waals surface area contributed by atoms with Crippen LogP contribution in [0.5, 0.6) is 11.5 Å². The van der Waals surface area contributed by atoms with E-state index in [1.54, 1.807) is 62.8 Å². The van der Waals surface area contributed by atoms with Crippen LogP contribution >= 0.6 is 22.7 Å². The van der Waals surface area contributed by atoms with Crippen molar-refractivity contribution < 1.29 is 19.1 Å². The van der Waals surface area contributed by atoms with Gasteiger partial charge >= 0.3 is 0 Å². The summed E-state index contributed by atoms with van der Waals surface area (Å²) < 4.78 is 10.2. The molecule has 0 aliphatic heterocycles. The van der Waals surface area contributed by atoms with E-state index in [0.717, 1.165) is 10.6 Å². The van der Waals surface area contributed by atoms with Crippen LogP contribution in [0.1, 0.15) is 26.4 Å². The first-order valence-corrected chi connectivity index (χ1v) is 11.5. The Morgan fingerprint density at radius 3 is 1.82 bits per heavy atom. The lowest BCUT2D eigenvalue weighted by molar-refractivity contribution is 0.101. The van der Waals surface area contributed by atoms with E-state index in [1.807, 2.05) is 12.3 Å². The highest BCUT2D eigenvalue weighted by molar-refractivity contribution is 7.20. The Hall–Kier alpha value is -3.76. The van der Waals surface area contributed by atoms with Crippen LogP contribution in [0.2, 0.25) is 0 Å². The molecule has 4 aromatic rings. The Labute approximate surface area is 198 Å². The highest BCUT2D eigenvalue weighted by Gasteiger charge is 2.17. The van der Waals surface area contributed by atoms with Gasteiger partial charge in [-0.25, -0.2) is 9.97 Å². The van der Waals surface area contributed by atoms with Crippen molar-refractivity contribution in [3.8, 4) is 22.1 Å². The molecule has 0 spiro atoms. The minimum Gasteiger partial charge on any atom is -0.497 e. The van der Waals surface area contributed by atoms with Crippen molar-refractivity contribution in [3.05, 3.63) is 70.7 Å². The molecule has 2 amide bonds. The number of nitrogens with one attached hydrogen (secondary N) is 2. The maximum absolute atomic E-state index is 12.5. The molecule has 2 aromatic carbocycles. The molecular weight excluding hydrogens is 460 g/mol. The third-order valence-electron chi connectivity index (χ3n) is 4.68. The summed E-state index contributed by atoms with van der Waals surface area (Å²) in [5.74, 6) is 0.840. The average molecular weight is 481 g/mol. The third kappa shape index (κ3) is 5.18. The van der Waals surface area contributed by atoms with Gasteiger partial charge in [0.1, 0.15) is 11.5 Å². The fourth-order valence-corrected chi connectivity index (χ4v) is 4.64. The number of amides is 2. The molecule has 2 heterocycles. The molecule has 0 saturated carbocycles. The summed E-state index contributed by atoms with van der Waals surface area (Å²) >= 11 is 2.64. The van der Waals surface area contributed by atoms with Crippen LogP contribution in [0.4, 0.5) is 10.3 Å². The van der Waals surface area contributed by atoms with Gasteiger partial charge in [-0.3, -0.25) is 20.2 Å². The number of carbonyl (C=O) groups excluding carboxylic acids is 2. The number of nitrogens with zero attached hydrogens (tertiary/aromatic N) is 2. The second kappa shape index (κ2) is 9.80. The van der Waals surface area contributed by atoms with Crippen LogP contribution in [-0.2, 0) is 0 Å². The quantitative estimate of drug-likeness (QED) is 0.382. The van der Waals surface area contributed by atoms with E-state index in [9.17, 15) is 9.59 Å². The fourth-order valence-electron chi connectivity index (χ4n) is 2.95. The molecule has 4 rings (SSSR count). The van der Waals surface area contributed by atoms with E-state index in [2.05, 4.69) is 20.6 Å². The predicted octanol–water partition coefficient (Wildman–Crippen LogP) is 5.10. The van der Waals surface area contributed by atoms with E-state index in [1.165, 1.54) is 22.7 Å². The molecule has 10 heteroatoms. The van der Waals surface area contributed by atoms with Crippen molar-refractivity contribution in [2.45, 2.75) is 6.92 Å². The number of carbonyl (C=O) groups is 2. The molecule has 33 heavy (non-hydrogen) atoms. The molecule has 2 aromatic heterocycles. The maximum atomic E-state index is 12.5. The number of rotatable bonds is 7. The summed E-state index contributed by atoms with van der Waals surface area (Å²) in [6, 6.07) is 13.7. The summed E-state index contributed by atoms with van der Waals surface area (Å²) in [6.07, 6.45) is 0. The van der Waals surface area contributed by atoms with Crippen molar-refractivity contribution in [2.75, 3.05) is 24.9 Å². The zero-order valence-corrected chi connectivity index (χ0v) is 19.7. The average Bonchev–Trinajstić information content (AvgIpc) is 3.44. The molecule has 0 saturated heterocycles. The van der Waals surface area contributed by atoms with Crippen LogP contribution in [0.25, 0.3) is 10.6 Å². The van der Waals surface area contributed by atoms with Crippen LogP contribution in [0.15, 0.2) is 53.9 Å². The Morgan fingerprint density at radius 2 is 1.30 bits per heavy atom. The summed E-state index contributed by atoms with van der Waals surface area (Å²) in [6.45, 7) is 1.85. The molecule has 0 aliphatic carbocycles. The summed E-state index contributed by atoms with van der Waals surface area (Å²) in [4.78, 5) is 34.8. The molecule has 0 aliphatic rings. The summed E-state index contributed by atoms with van der Waals surface area (Å²) in [5, 5.41) is 8.42. The number of aromatic nitrogens is 2. The standard InChI is InChI=1S/C23H20N4O4S2/c1-13-19(33-23(24-13)27-21(29)15-6-10-17(31-3)11-7-15)18-12-32-22(25-18)26-20(28)14-4-8-16(30-2)9-5-14/h4-12H,1-3H3,(H,24,27,29)(H,25,26,28). The second-order valence-electron chi connectivity index (χ2n) is 6.84. The minimum absolute atomic E-state index is 0.257. The molecule has 168 valence electrons. The first-order chi connectivity index (χ1) is 16.0. The van der Waals surface area contributed by atoms with E-state index in [4.69, 9.17) is 9.47 Å². The van der Waals surface area contributed by atoms with Gasteiger partial charge in [0.2, 0.25) is 0 Å². The van der Waals surface area contributed by atoms with Gasteiger partial charge in [-0.2, -0.15) is 0 Å². The van der Waals surface area contributed by atoms with Gasteiger partial charge in [0.25, 0.3) is 11.8 Å². The van der Waals surface area contributed by atoms with Crippen LogP contribution in [-0.4, -0.2) is 36.0 Å². The number of thiazole rings is 2. The van der Waals surface area contributed by atoms with E-state index >= 15 is 0 Å². The predicted molar refractivity (Wildman–Crippen MR) is 130 cm³/mol. The minimum atomic E-state index is -0.260. The van der Waals surface area contributed by atoms with Crippen molar-refractivity contribution in [3.63, 3.8) is 0 Å². The lowest BCUT2D eigenvalue weighted by Gasteiger charge is -2.03. The van der Waals surface area contributed by atoms with Crippen molar-refractivity contribution in [1.29, 1.82) is 0 Å². The van der Waals surface area contributed by atoms with Crippen molar-refractivity contribution in [1.82, 2.24) is 9.97 Å². The zero-order valence-electron chi connectivity index (χ0n) is 18.0. The number of aryl methyl sites for hydroxylation is 1.